The second-order valence-corrected chi connectivity index (χ2v) is 7.94. The summed E-state index contributed by atoms with van der Waals surface area (Å²) in [5.41, 5.74) is 4.64. The largest absolute Gasteiger partial charge is 0.355 e. The maximum atomic E-state index is 4.77. The van der Waals surface area contributed by atoms with Gasteiger partial charge in [-0.15, -0.1) is 0 Å². The minimum Gasteiger partial charge on any atom is -0.355 e. The van der Waals surface area contributed by atoms with Crippen molar-refractivity contribution in [2.75, 3.05) is 5.32 Å². The number of anilines is 1. The molecule has 3 nitrogen and oxygen atoms in total. The Kier molecular flexibility index (Phi) is 4.26. The van der Waals surface area contributed by atoms with E-state index in [1.807, 2.05) is 24.5 Å². The van der Waals surface area contributed by atoms with E-state index < -0.39 is 0 Å². The Morgan fingerprint density at radius 1 is 0.821 bits per heavy atom. The lowest BCUT2D eigenvalue weighted by Gasteiger charge is -2.14. The molecule has 0 saturated heterocycles. The van der Waals surface area contributed by atoms with Crippen LogP contribution in [0.4, 0.5) is 5.13 Å². The second-order valence-electron chi connectivity index (χ2n) is 6.91. The average Bonchev–Trinajstić information content (AvgIpc) is 3.15. The zero-order valence-corrected chi connectivity index (χ0v) is 16.3. The van der Waals surface area contributed by atoms with E-state index in [0.29, 0.717) is 0 Å². The molecule has 5 aromatic rings. The van der Waals surface area contributed by atoms with Crippen LogP contribution in [-0.2, 0) is 0 Å². The quantitative estimate of drug-likeness (QED) is 0.377. The van der Waals surface area contributed by atoms with Crippen molar-refractivity contribution in [3.8, 4) is 11.1 Å². The first-order valence-electron chi connectivity index (χ1n) is 9.32. The Labute approximate surface area is 167 Å². The molecule has 0 aliphatic heterocycles. The minimum absolute atomic E-state index is 0.185. The lowest BCUT2D eigenvalue weighted by atomic mass is 10.0. The summed E-state index contributed by atoms with van der Waals surface area (Å²) in [6.07, 6.45) is 3.65. The normalized spacial score (nSPS) is 12.3. The third-order valence-electron chi connectivity index (χ3n) is 5.02. The molecule has 0 aliphatic carbocycles. The van der Waals surface area contributed by atoms with Crippen molar-refractivity contribution in [3.05, 3.63) is 90.8 Å². The van der Waals surface area contributed by atoms with E-state index in [1.54, 1.807) is 11.3 Å². The van der Waals surface area contributed by atoms with Crippen molar-refractivity contribution in [1.82, 2.24) is 9.97 Å². The molecule has 0 aliphatic rings. The second kappa shape index (κ2) is 7.06. The van der Waals surface area contributed by atoms with Crippen LogP contribution in [0.2, 0.25) is 0 Å². The molecule has 0 amide bonds. The molecule has 28 heavy (non-hydrogen) atoms. The lowest BCUT2D eigenvalue weighted by molar-refractivity contribution is 0.885. The molecule has 0 fully saturated rings. The molecule has 0 spiro atoms. The van der Waals surface area contributed by atoms with Gasteiger partial charge in [-0.1, -0.05) is 53.8 Å². The maximum Gasteiger partial charge on any atom is 0.184 e. The highest BCUT2D eigenvalue weighted by atomic mass is 32.1. The van der Waals surface area contributed by atoms with Gasteiger partial charge >= 0.3 is 0 Å². The first kappa shape index (κ1) is 16.9. The molecular weight excluding hydrogens is 362 g/mol. The van der Waals surface area contributed by atoms with Gasteiger partial charge in [-0.2, -0.15) is 0 Å². The molecule has 2 heterocycles. The zero-order chi connectivity index (χ0) is 18.9. The molecule has 5 rings (SSSR count). The number of nitrogens with zero attached hydrogens (tertiary/aromatic N) is 2. The summed E-state index contributed by atoms with van der Waals surface area (Å²) in [6, 6.07) is 25.7. The van der Waals surface area contributed by atoms with Gasteiger partial charge in [-0.05, 0) is 64.7 Å². The number of hydrogen-bond acceptors (Lipinski definition) is 4. The van der Waals surface area contributed by atoms with Gasteiger partial charge in [-0.3, -0.25) is 4.98 Å². The Bertz CT molecular complexity index is 1260. The molecule has 136 valence electrons. The number of hydrogen-bond donors (Lipinski definition) is 1. The van der Waals surface area contributed by atoms with E-state index in [2.05, 4.69) is 77.9 Å². The molecule has 4 heteroatoms. The summed E-state index contributed by atoms with van der Waals surface area (Å²) >= 11 is 1.69. The van der Waals surface area contributed by atoms with Crippen LogP contribution in [0.3, 0.4) is 0 Å². The summed E-state index contributed by atoms with van der Waals surface area (Å²) in [7, 11) is 0. The van der Waals surface area contributed by atoms with Gasteiger partial charge in [0.1, 0.15) is 0 Å². The van der Waals surface area contributed by atoms with Gasteiger partial charge in [0.2, 0.25) is 0 Å². The number of benzene rings is 3. The van der Waals surface area contributed by atoms with Crippen LogP contribution in [0, 0.1) is 0 Å². The van der Waals surface area contributed by atoms with Crippen LogP contribution in [0.1, 0.15) is 18.5 Å². The minimum atomic E-state index is 0.185. The first-order valence-corrected chi connectivity index (χ1v) is 10.1. The Morgan fingerprint density at radius 2 is 1.64 bits per heavy atom. The van der Waals surface area contributed by atoms with Crippen molar-refractivity contribution < 1.29 is 0 Å². The van der Waals surface area contributed by atoms with E-state index in [1.165, 1.54) is 32.2 Å². The van der Waals surface area contributed by atoms with E-state index in [-0.39, 0.29) is 6.04 Å². The Balaban J connectivity index is 1.42. The molecule has 3 aromatic carbocycles. The fourth-order valence-electron chi connectivity index (χ4n) is 3.46. The molecular formula is C24H19N3S. The number of nitrogens with one attached hydrogen (secondary N) is 1. The Morgan fingerprint density at radius 3 is 2.50 bits per heavy atom. The maximum absolute atomic E-state index is 4.77. The number of rotatable bonds is 4. The van der Waals surface area contributed by atoms with E-state index in [4.69, 9.17) is 4.98 Å². The van der Waals surface area contributed by atoms with Crippen LogP contribution in [0.15, 0.2) is 85.2 Å². The molecule has 0 saturated carbocycles. The first-order chi connectivity index (χ1) is 13.8. The third-order valence-corrected chi connectivity index (χ3v) is 5.96. The molecule has 1 unspecified atom stereocenters. The standard InChI is InChI=1S/C24H19N3S/c1-16(19-7-6-17-4-2-3-5-20(17)14-19)26-24-27-22-9-8-21(15-23(22)28-24)18-10-12-25-13-11-18/h2-16H,1H3,(H,26,27). The van der Waals surface area contributed by atoms with Gasteiger partial charge in [0.25, 0.3) is 0 Å². The monoisotopic (exact) mass is 381 g/mol. The van der Waals surface area contributed by atoms with E-state index in [9.17, 15) is 0 Å². The van der Waals surface area contributed by atoms with Crippen LogP contribution >= 0.6 is 11.3 Å². The summed E-state index contributed by atoms with van der Waals surface area (Å²) in [5.74, 6) is 0. The van der Waals surface area contributed by atoms with Crippen molar-refractivity contribution in [2.45, 2.75) is 13.0 Å². The van der Waals surface area contributed by atoms with Crippen LogP contribution in [0.5, 0.6) is 0 Å². The number of pyridine rings is 1. The van der Waals surface area contributed by atoms with Gasteiger partial charge < -0.3 is 5.32 Å². The van der Waals surface area contributed by atoms with Gasteiger partial charge in [0.15, 0.2) is 5.13 Å². The highest BCUT2D eigenvalue weighted by Gasteiger charge is 2.11. The average molecular weight is 382 g/mol. The number of aromatic nitrogens is 2. The van der Waals surface area contributed by atoms with Crippen LogP contribution in [0.25, 0.3) is 32.1 Å². The number of thiazole rings is 1. The fraction of sp³-hybridized carbons (Fsp3) is 0.0833. The van der Waals surface area contributed by atoms with Crippen molar-refractivity contribution in [1.29, 1.82) is 0 Å². The van der Waals surface area contributed by atoms with Crippen molar-refractivity contribution >= 4 is 37.5 Å². The predicted molar refractivity (Wildman–Crippen MR) is 119 cm³/mol. The fourth-order valence-corrected chi connectivity index (χ4v) is 4.45. The summed E-state index contributed by atoms with van der Waals surface area (Å²) < 4.78 is 1.18. The summed E-state index contributed by atoms with van der Waals surface area (Å²) in [5, 5.41) is 7.05. The SMILES string of the molecule is CC(Nc1nc2ccc(-c3ccncc3)cc2s1)c1ccc2ccccc2c1. The topological polar surface area (TPSA) is 37.8 Å². The van der Waals surface area contributed by atoms with Gasteiger partial charge in [0.05, 0.1) is 16.3 Å². The smallest absolute Gasteiger partial charge is 0.184 e. The molecule has 1 N–H and O–H groups in total. The summed E-state index contributed by atoms with van der Waals surface area (Å²) in [4.78, 5) is 8.87. The molecule has 0 radical (unpaired) electrons. The van der Waals surface area contributed by atoms with Gasteiger partial charge in [-0.25, -0.2) is 4.98 Å². The molecule has 1 atom stereocenters. The molecule has 2 aromatic heterocycles. The Hall–Kier alpha value is -3.24. The third kappa shape index (κ3) is 3.23. The number of fused-ring (bicyclic) bond motifs is 2. The van der Waals surface area contributed by atoms with Crippen molar-refractivity contribution in [3.63, 3.8) is 0 Å². The molecule has 0 bridgehead atoms. The highest BCUT2D eigenvalue weighted by Crippen LogP contribution is 2.32. The van der Waals surface area contributed by atoms with E-state index >= 15 is 0 Å². The lowest BCUT2D eigenvalue weighted by Crippen LogP contribution is -2.06. The van der Waals surface area contributed by atoms with Crippen molar-refractivity contribution in [2.24, 2.45) is 0 Å². The summed E-state index contributed by atoms with van der Waals surface area (Å²) in [6.45, 7) is 2.18. The zero-order valence-electron chi connectivity index (χ0n) is 15.5. The van der Waals surface area contributed by atoms with Crippen LogP contribution in [-0.4, -0.2) is 9.97 Å². The predicted octanol–water partition coefficient (Wildman–Crippen LogP) is 6.68. The van der Waals surface area contributed by atoms with E-state index in [0.717, 1.165) is 10.6 Å². The van der Waals surface area contributed by atoms with Crippen LogP contribution < -0.4 is 5.32 Å². The van der Waals surface area contributed by atoms with Gasteiger partial charge in [0, 0.05) is 12.4 Å². The highest BCUT2D eigenvalue weighted by molar-refractivity contribution is 7.22.